The lowest BCUT2D eigenvalue weighted by Crippen LogP contribution is -2.56. The monoisotopic (exact) mass is 185 g/mol. The van der Waals surface area contributed by atoms with Crippen molar-refractivity contribution in [1.82, 2.24) is 4.98 Å². The van der Waals surface area contributed by atoms with Crippen molar-refractivity contribution in [2.45, 2.75) is 45.2 Å². The van der Waals surface area contributed by atoms with Crippen LogP contribution in [-0.4, -0.2) is 15.3 Å². The maximum Gasteiger partial charge on any atom is 0.157 e. The van der Waals surface area contributed by atoms with Crippen molar-refractivity contribution in [3.63, 3.8) is 0 Å². The third-order valence-electron chi connectivity index (χ3n) is 2.89. The number of hydrogen-bond donors (Lipinski definition) is 1. The minimum absolute atomic E-state index is 0.345. The molecule has 1 nitrogen and oxygen atoms in total. The highest BCUT2D eigenvalue weighted by Gasteiger charge is 2.43. The summed E-state index contributed by atoms with van der Waals surface area (Å²) in [6, 6.07) is 0. The van der Waals surface area contributed by atoms with E-state index in [-0.39, 0.29) is 0 Å². The molecule has 0 aromatic rings. The molecule has 12 heavy (non-hydrogen) atoms. The minimum atomic E-state index is -1.51. The summed E-state index contributed by atoms with van der Waals surface area (Å²) in [7, 11) is 0.560. The van der Waals surface area contributed by atoms with Gasteiger partial charge in [-0.1, -0.05) is 40.3 Å². The first kappa shape index (κ1) is 11.9. The maximum absolute atomic E-state index is 3.99. The fourth-order valence-corrected chi connectivity index (χ4v) is 6.52. The molecule has 1 unspecified atom stereocenters. The molecular formula is C10H23NSi. The van der Waals surface area contributed by atoms with E-state index in [9.17, 15) is 0 Å². The summed E-state index contributed by atoms with van der Waals surface area (Å²) in [6.07, 6.45) is 0. The minimum Gasteiger partial charge on any atom is -0.336 e. The van der Waals surface area contributed by atoms with Crippen molar-refractivity contribution in [1.29, 1.82) is 0 Å². The second kappa shape index (κ2) is 3.75. The van der Waals surface area contributed by atoms with Crippen LogP contribution in [0.2, 0.25) is 10.6 Å². The van der Waals surface area contributed by atoms with Crippen LogP contribution < -0.4 is 4.98 Å². The molecule has 1 atom stereocenters. The number of rotatable bonds is 3. The zero-order valence-corrected chi connectivity index (χ0v) is 10.4. The summed E-state index contributed by atoms with van der Waals surface area (Å²) < 4.78 is 0. The Bertz CT molecular complexity index is 158. The van der Waals surface area contributed by atoms with Crippen LogP contribution in [0.15, 0.2) is 12.3 Å². The molecule has 0 aliphatic rings. The molecule has 0 bridgehead atoms. The van der Waals surface area contributed by atoms with Crippen molar-refractivity contribution in [2.24, 2.45) is 0 Å². The molecule has 0 aromatic carbocycles. The Labute approximate surface area is 78.3 Å². The molecule has 0 heterocycles. The predicted molar refractivity (Wildman–Crippen MR) is 59.8 cm³/mol. The summed E-state index contributed by atoms with van der Waals surface area (Å²) in [5, 5.41) is 0.345. The third-order valence-corrected chi connectivity index (χ3v) is 8.66. The molecule has 0 radical (unpaired) electrons. The molecule has 0 fully saturated rings. The lowest BCUT2D eigenvalue weighted by atomic mass is 10.2. The van der Waals surface area contributed by atoms with E-state index in [0.717, 1.165) is 0 Å². The first-order valence-electron chi connectivity index (χ1n) is 4.64. The molecule has 0 saturated carbocycles. The zero-order valence-electron chi connectivity index (χ0n) is 9.36. The fraction of sp³-hybridized carbons (Fsp3) is 0.800. The van der Waals surface area contributed by atoms with Crippen LogP contribution in [-0.2, 0) is 0 Å². The highest BCUT2D eigenvalue weighted by atomic mass is 28.3. The third kappa shape index (κ3) is 1.80. The first-order chi connectivity index (χ1) is 5.31. The predicted octanol–water partition coefficient (Wildman–Crippen LogP) is 3.09. The van der Waals surface area contributed by atoms with Gasteiger partial charge in [-0.3, -0.25) is 0 Å². The van der Waals surface area contributed by atoms with E-state index in [1.54, 1.807) is 0 Å². The van der Waals surface area contributed by atoms with E-state index in [4.69, 9.17) is 0 Å². The van der Waals surface area contributed by atoms with Crippen molar-refractivity contribution >= 4 is 8.24 Å². The smallest absolute Gasteiger partial charge is 0.157 e. The quantitative estimate of drug-likeness (QED) is 0.666. The highest BCUT2D eigenvalue weighted by molar-refractivity contribution is 6.85. The van der Waals surface area contributed by atoms with Crippen LogP contribution in [0.4, 0.5) is 0 Å². The van der Waals surface area contributed by atoms with Gasteiger partial charge in [0.1, 0.15) is 0 Å². The van der Waals surface area contributed by atoms with Gasteiger partial charge in [0.2, 0.25) is 0 Å². The molecule has 0 aliphatic carbocycles. The van der Waals surface area contributed by atoms with Crippen molar-refractivity contribution < 1.29 is 0 Å². The van der Waals surface area contributed by atoms with Crippen LogP contribution in [0.1, 0.15) is 34.6 Å². The number of hydrogen-bond acceptors (Lipinski definition) is 1. The van der Waals surface area contributed by atoms with E-state index < -0.39 is 8.24 Å². The van der Waals surface area contributed by atoms with Gasteiger partial charge in [0, 0.05) is 0 Å². The molecule has 0 saturated heterocycles. The summed E-state index contributed by atoms with van der Waals surface area (Å²) >= 11 is 0. The molecule has 2 heteroatoms. The number of nitrogens with one attached hydrogen (secondary N) is 1. The Morgan fingerprint density at radius 1 is 1.33 bits per heavy atom. The van der Waals surface area contributed by atoms with E-state index in [1.807, 2.05) is 0 Å². The normalized spacial score (nSPS) is 17.6. The molecular weight excluding hydrogens is 162 g/mol. The van der Waals surface area contributed by atoms with Gasteiger partial charge in [-0.15, -0.1) is 6.58 Å². The van der Waals surface area contributed by atoms with Crippen LogP contribution in [0.25, 0.3) is 0 Å². The topological polar surface area (TPSA) is 12.0 Å². The lowest BCUT2D eigenvalue weighted by Gasteiger charge is -2.43. The molecule has 1 N–H and O–H groups in total. The SMILES string of the molecule is C=C[Si](NC)(C(C)C)C(C)(C)C. The van der Waals surface area contributed by atoms with Gasteiger partial charge in [0.15, 0.2) is 8.24 Å². The molecule has 0 aromatic heterocycles. The Hall–Kier alpha value is -0.0831. The Morgan fingerprint density at radius 3 is 1.75 bits per heavy atom. The molecule has 0 amide bonds. The molecule has 72 valence electrons. The van der Waals surface area contributed by atoms with E-state index >= 15 is 0 Å². The lowest BCUT2D eigenvalue weighted by molar-refractivity contribution is 0.675. The Kier molecular flexibility index (Phi) is 3.73. The standard InChI is InChI=1S/C10H23NSi/c1-8-12(11-7,9(2)3)10(4,5)6/h8-9,11H,1H2,2-7H3. The highest BCUT2D eigenvalue weighted by Crippen LogP contribution is 2.41. The summed E-state index contributed by atoms with van der Waals surface area (Å²) in [5.74, 6) is 0. The van der Waals surface area contributed by atoms with Crippen molar-refractivity contribution in [3.05, 3.63) is 12.3 Å². The van der Waals surface area contributed by atoms with Crippen molar-refractivity contribution in [2.75, 3.05) is 7.05 Å². The zero-order chi connectivity index (χ0) is 9.99. The maximum atomic E-state index is 3.99. The fourth-order valence-electron chi connectivity index (χ4n) is 2.17. The van der Waals surface area contributed by atoms with Gasteiger partial charge in [-0.2, -0.15) is 0 Å². The van der Waals surface area contributed by atoms with Gasteiger partial charge < -0.3 is 4.98 Å². The Balaban J connectivity index is 4.96. The average molecular weight is 185 g/mol. The first-order valence-corrected chi connectivity index (χ1v) is 6.79. The van der Waals surface area contributed by atoms with Crippen LogP contribution in [0.5, 0.6) is 0 Å². The van der Waals surface area contributed by atoms with Gasteiger partial charge in [0.05, 0.1) is 0 Å². The van der Waals surface area contributed by atoms with Gasteiger partial charge in [-0.05, 0) is 17.6 Å². The molecule has 0 aliphatic heterocycles. The van der Waals surface area contributed by atoms with Gasteiger partial charge in [-0.25, -0.2) is 0 Å². The average Bonchev–Trinajstić information content (AvgIpc) is 1.87. The molecule has 0 spiro atoms. The second-order valence-electron chi connectivity index (χ2n) is 4.73. The molecule has 0 rings (SSSR count). The van der Waals surface area contributed by atoms with Crippen LogP contribution in [0.3, 0.4) is 0 Å². The Morgan fingerprint density at radius 2 is 1.75 bits per heavy atom. The second-order valence-corrected chi connectivity index (χ2v) is 10.0. The van der Waals surface area contributed by atoms with Gasteiger partial charge in [0.25, 0.3) is 0 Å². The summed E-state index contributed by atoms with van der Waals surface area (Å²) in [5.41, 5.74) is 2.87. The van der Waals surface area contributed by atoms with E-state index in [0.29, 0.717) is 10.6 Å². The van der Waals surface area contributed by atoms with Gasteiger partial charge >= 0.3 is 0 Å². The van der Waals surface area contributed by atoms with E-state index in [2.05, 4.69) is 58.9 Å². The van der Waals surface area contributed by atoms with Crippen LogP contribution >= 0.6 is 0 Å². The summed E-state index contributed by atoms with van der Waals surface area (Å²) in [6.45, 7) is 15.5. The largest absolute Gasteiger partial charge is 0.336 e. The van der Waals surface area contributed by atoms with Crippen LogP contribution in [0, 0.1) is 0 Å². The van der Waals surface area contributed by atoms with E-state index in [1.165, 1.54) is 0 Å². The summed E-state index contributed by atoms with van der Waals surface area (Å²) in [4.78, 5) is 3.53. The van der Waals surface area contributed by atoms with Crippen molar-refractivity contribution in [3.8, 4) is 0 Å².